The number of nitrogens with one attached hydrogen (secondary N) is 2. The minimum absolute atomic E-state index is 0.00375. The van der Waals surface area contributed by atoms with E-state index >= 15 is 0 Å². The van der Waals surface area contributed by atoms with Gasteiger partial charge in [0, 0.05) is 11.3 Å². The topological polar surface area (TPSA) is 88.0 Å². The Balaban J connectivity index is 1.57. The molecule has 1 aliphatic rings. The molecule has 0 saturated heterocycles. The molecule has 1 unspecified atom stereocenters. The Morgan fingerprint density at radius 1 is 1.33 bits per heavy atom. The van der Waals surface area contributed by atoms with E-state index in [2.05, 4.69) is 25.4 Å². The van der Waals surface area contributed by atoms with Crippen molar-refractivity contribution in [2.24, 2.45) is 5.92 Å². The number of halogens is 3. The van der Waals surface area contributed by atoms with Crippen LogP contribution in [0, 0.1) is 12.8 Å². The van der Waals surface area contributed by atoms with Crippen LogP contribution in [0.15, 0.2) is 36.8 Å². The second-order valence-corrected chi connectivity index (χ2v) is 7.51. The number of hydrogen-bond acceptors (Lipinski definition) is 4. The van der Waals surface area contributed by atoms with Crippen molar-refractivity contribution in [2.75, 3.05) is 0 Å². The molecular weight excluding hydrogens is 397 g/mol. The quantitative estimate of drug-likeness (QED) is 0.534. The standard InChI is InChI=1S/C20H17F3N6O/c1-10-7-15(12-3-2-4-14-16(12)25-9-24-14)27-18-13(8-26-29(10)18)19(30)28-17(11-5-6-11)20(21,22)23/h2-4,7-9,11,17H,5-6H2,1H3,(H,24,25)(H,28,30). The molecule has 1 fully saturated rings. The van der Waals surface area contributed by atoms with Gasteiger partial charge in [0.1, 0.15) is 11.6 Å². The van der Waals surface area contributed by atoms with Gasteiger partial charge in [-0.05, 0) is 37.8 Å². The lowest BCUT2D eigenvalue weighted by atomic mass is 10.1. The van der Waals surface area contributed by atoms with Gasteiger partial charge in [-0.2, -0.15) is 18.3 Å². The summed E-state index contributed by atoms with van der Waals surface area (Å²) in [4.78, 5) is 24.6. The van der Waals surface area contributed by atoms with Gasteiger partial charge < -0.3 is 10.3 Å². The predicted octanol–water partition coefficient (Wildman–Crippen LogP) is 3.65. The number of nitrogens with zero attached hydrogens (tertiary/aromatic N) is 4. The lowest BCUT2D eigenvalue weighted by Crippen LogP contribution is -2.46. The third kappa shape index (κ3) is 3.08. The van der Waals surface area contributed by atoms with Gasteiger partial charge in [0.2, 0.25) is 0 Å². The molecule has 0 bridgehead atoms. The normalized spacial score (nSPS) is 15.6. The summed E-state index contributed by atoms with van der Waals surface area (Å²) < 4.78 is 41.4. The molecule has 1 atom stereocenters. The maximum Gasteiger partial charge on any atom is 0.408 e. The fourth-order valence-electron chi connectivity index (χ4n) is 3.70. The number of hydrogen-bond donors (Lipinski definition) is 2. The average molecular weight is 414 g/mol. The Bertz CT molecular complexity index is 1270. The highest BCUT2D eigenvalue weighted by molar-refractivity contribution is 6.00. The Morgan fingerprint density at radius 2 is 2.13 bits per heavy atom. The molecule has 7 nitrogen and oxygen atoms in total. The van der Waals surface area contributed by atoms with E-state index in [0.717, 1.165) is 11.1 Å². The van der Waals surface area contributed by atoms with Crippen molar-refractivity contribution in [1.29, 1.82) is 0 Å². The third-order valence-corrected chi connectivity index (χ3v) is 5.35. The number of imidazole rings is 1. The van der Waals surface area contributed by atoms with Crippen molar-refractivity contribution < 1.29 is 18.0 Å². The number of carbonyl (C=O) groups is 1. The second-order valence-electron chi connectivity index (χ2n) is 7.51. The number of rotatable bonds is 4. The lowest BCUT2D eigenvalue weighted by molar-refractivity contribution is -0.158. The van der Waals surface area contributed by atoms with E-state index in [9.17, 15) is 18.0 Å². The summed E-state index contributed by atoms with van der Waals surface area (Å²) in [6.07, 6.45) is -0.761. The van der Waals surface area contributed by atoms with Gasteiger partial charge in [0.25, 0.3) is 5.91 Å². The third-order valence-electron chi connectivity index (χ3n) is 5.35. The van der Waals surface area contributed by atoms with Crippen LogP contribution in [-0.4, -0.2) is 42.7 Å². The van der Waals surface area contributed by atoms with Crippen LogP contribution in [0.3, 0.4) is 0 Å². The van der Waals surface area contributed by atoms with Crippen LogP contribution in [0.1, 0.15) is 28.9 Å². The summed E-state index contributed by atoms with van der Waals surface area (Å²) in [5.74, 6) is -1.40. The summed E-state index contributed by atoms with van der Waals surface area (Å²) in [6.45, 7) is 1.79. The Hall–Kier alpha value is -3.43. The molecule has 30 heavy (non-hydrogen) atoms. The van der Waals surface area contributed by atoms with E-state index in [1.165, 1.54) is 10.7 Å². The van der Waals surface area contributed by atoms with Crippen LogP contribution in [0.25, 0.3) is 27.9 Å². The predicted molar refractivity (Wildman–Crippen MR) is 103 cm³/mol. The zero-order chi connectivity index (χ0) is 21.0. The molecule has 5 rings (SSSR count). The van der Waals surface area contributed by atoms with Gasteiger partial charge in [-0.15, -0.1) is 0 Å². The number of aromatic amines is 1. The summed E-state index contributed by atoms with van der Waals surface area (Å²) in [7, 11) is 0. The van der Waals surface area contributed by atoms with Crippen LogP contribution in [0.4, 0.5) is 13.2 Å². The Labute approximate surface area is 168 Å². The molecule has 10 heteroatoms. The number of amides is 1. The van der Waals surface area contributed by atoms with Crippen molar-refractivity contribution in [1.82, 2.24) is 29.9 Å². The molecule has 1 aliphatic carbocycles. The first-order chi connectivity index (χ1) is 14.3. The van der Waals surface area contributed by atoms with Gasteiger partial charge >= 0.3 is 6.18 Å². The second kappa shape index (κ2) is 6.54. The molecule has 2 N–H and O–H groups in total. The van der Waals surface area contributed by atoms with Gasteiger partial charge in [0.05, 0.1) is 29.3 Å². The number of alkyl halides is 3. The highest BCUT2D eigenvalue weighted by atomic mass is 19.4. The molecule has 154 valence electrons. The Morgan fingerprint density at radius 3 is 2.87 bits per heavy atom. The zero-order valence-electron chi connectivity index (χ0n) is 15.9. The first-order valence-corrected chi connectivity index (χ1v) is 9.48. The van der Waals surface area contributed by atoms with Crippen LogP contribution in [0.5, 0.6) is 0 Å². The molecule has 1 amide bonds. The van der Waals surface area contributed by atoms with Crippen molar-refractivity contribution in [3.8, 4) is 11.3 Å². The largest absolute Gasteiger partial charge is 0.408 e. The number of fused-ring (bicyclic) bond motifs is 2. The van der Waals surface area contributed by atoms with Crippen molar-refractivity contribution in [2.45, 2.75) is 32.0 Å². The highest BCUT2D eigenvalue weighted by Gasteiger charge is 2.49. The van der Waals surface area contributed by atoms with Gasteiger partial charge in [-0.25, -0.2) is 14.5 Å². The fourth-order valence-corrected chi connectivity index (χ4v) is 3.70. The lowest BCUT2D eigenvalue weighted by Gasteiger charge is -2.20. The molecular formula is C20H17F3N6O. The van der Waals surface area contributed by atoms with Crippen LogP contribution >= 0.6 is 0 Å². The monoisotopic (exact) mass is 414 g/mol. The molecule has 3 heterocycles. The smallest absolute Gasteiger partial charge is 0.345 e. The maximum atomic E-state index is 13.3. The number of aromatic nitrogens is 5. The molecule has 3 aromatic heterocycles. The Kier molecular flexibility index (Phi) is 4.05. The number of aryl methyl sites for hydroxylation is 1. The average Bonchev–Trinajstić information content (AvgIpc) is 3.23. The summed E-state index contributed by atoms with van der Waals surface area (Å²) in [6, 6.07) is 5.52. The SMILES string of the molecule is Cc1cc(-c2cccc3[nH]cnc23)nc2c(C(=O)NC(C3CC3)C(F)(F)F)cnn12. The minimum Gasteiger partial charge on any atom is -0.345 e. The van der Waals surface area contributed by atoms with Gasteiger partial charge in [0.15, 0.2) is 5.65 Å². The fraction of sp³-hybridized carbons (Fsp3) is 0.300. The zero-order valence-corrected chi connectivity index (χ0v) is 15.9. The van der Waals surface area contributed by atoms with Crippen LogP contribution < -0.4 is 5.32 Å². The van der Waals surface area contributed by atoms with Crippen molar-refractivity contribution in [3.05, 3.63) is 48.0 Å². The first-order valence-electron chi connectivity index (χ1n) is 9.48. The summed E-state index contributed by atoms with van der Waals surface area (Å²) in [5, 5.41) is 6.29. The van der Waals surface area contributed by atoms with E-state index < -0.39 is 24.0 Å². The maximum absolute atomic E-state index is 13.3. The molecule has 0 aliphatic heterocycles. The molecule has 0 radical (unpaired) electrons. The van der Waals surface area contributed by atoms with Crippen LogP contribution in [0.2, 0.25) is 0 Å². The van der Waals surface area contributed by atoms with E-state index in [0.29, 0.717) is 29.7 Å². The van der Waals surface area contributed by atoms with E-state index in [4.69, 9.17) is 0 Å². The molecule has 0 spiro atoms. The number of para-hydroxylation sites is 1. The number of H-pyrrole nitrogens is 1. The minimum atomic E-state index is -4.50. The van der Waals surface area contributed by atoms with Gasteiger partial charge in [-0.1, -0.05) is 12.1 Å². The number of carbonyl (C=O) groups excluding carboxylic acids is 1. The van der Waals surface area contributed by atoms with Crippen molar-refractivity contribution >= 4 is 22.6 Å². The number of benzene rings is 1. The van der Waals surface area contributed by atoms with E-state index in [-0.39, 0.29) is 11.2 Å². The first kappa shape index (κ1) is 18.6. The van der Waals surface area contributed by atoms with Crippen LogP contribution in [-0.2, 0) is 0 Å². The van der Waals surface area contributed by atoms with E-state index in [1.54, 1.807) is 19.3 Å². The summed E-state index contributed by atoms with van der Waals surface area (Å²) in [5.41, 5.74) is 3.74. The van der Waals surface area contributed by atoms with Crippen molar-refractivity contribution in [3.63, 3.8) is 0 Å². The molecule has 1 aromatic carbocycles. The van der Waals surface area contributed by atoms with E-state index in [1.807, 2.05) is 18.2 Å². The molecule has 1 saturated carbocycles. The molecule has 4 aromatic rings. The highest BCUT2D eigenvalue weighted by Crippen LogP contribution is 2.40. The van der Waals surface area contributed by atoms with Gasteiger partial charge in [-0.3, -0.25) is 4.79 Å². The summed E-state index contributed by atoms with van der Waals surface area (Å²) >= 11 is 0.